The van der Waals surface area contributed by atoms with Gasteiger partial charge in [0.25, 0.3) is 0 Å². The summed E-state index contributed by atoms with van der Waals surface area (Å²) in [5.41, 5.74) is -0.994. The van der Waals surface area contributed by atoms with Crippen LogP contribution in [0.4, 0.5) is 13.2 Å². The van der Waals surface area contributed by atoms with Gasteiger partial charge in [-0.05, 0) is 18.6 Å². The van der Waals surface area contributed by atoms with E-state index in [9.17, 15) is 13.2 Å². The minimum Gasteiger partial charge on any atom is -0.489 e. The van der Waals surface area contributed by atoms with Gasteiger partial charge in [-0.15, -0.1) is 11.6 Å². The number of halogens is 4. The van der Waals surface area contributed by atoms with Gasteiger partial charge in [-0.2, -0.15) is 13.2 Å². The molecule has 1 aromatic rings. The Morgan fingerprint density at radius 3 is 2.53 bits per heavy atom. The van der Waals surface area contributed by atoms with Crippen LogP contribution in [0.2, 0.25) is 0 Å². The zero-order chi connectivity index (χ0) is 14.3. The van der Waals surface area contributed by atoms with E-state index >= 15 is 0 Å². The Balaban J connectivity index is 2.22. The molecular formula is C14H16ClF3O. The van der Waals surface area contributed by atoms with E-state index in [1.807, 2.05) is 13.8 Å². The SMILES string of the molecule is CCC1(C)C(Cl)CC1Oc1ccccc1C(F)(F)F. The van der Waals surface area contributed by atoms with Gasteiger partial charge in [-0.25, -0.2) is 0 Å². The van der Waals surface area contributed by atoms with Crippen molar-refractivity contribution in [3.05, 3.63) is 29.8 Å². The topological polar surface area (TPSA) is 9.23 Å². The van der Waals surface area contributed by atoms with Crippen molar-refractivity contribution in [1.82, 2.24) is 0 Å². The van der Waals surface area contributed by atoms with E-state index in [2.05, 4.69) is 0 Å². The molecule has 1 saturated carbocycles. The Morgan fingerprint density at radius 1 is 1.37 bits per heavy atom. The zero-order valence-corrected chi connectivity index (χ0v) is 11.6. The fourth-order valence-corrected chi connectivity index (χ4v) is 2.81. The van der Waals surface area contributed by atoms with Crippen LogP contribution >= 0.6 is 11.6 Å². The maximum Gasteiger partial charge on any atom is 0.419 e. The predicted octanol–water partition coefficient (Wildman–Crippen LogP) is 4.88. The summed E-state index contributed by atoms with van der Waals surface area (Å²) >= 11 is 6.14. The lowest BCUT2D eigenvalue weighted by atomic mass is 9.65. The highest BCUT2D eigenvalue weighted by Gasteiger charge is 2.51. The van der Waals surface area contributed by atoms with Crippen LogP contribution in [0.25, 0.3) is 0 Å². The van der Waals surface area contributed by atoms with Crippen LogP contribution < -0.4 is 4.74 Å². The van der Waals surface area contributed by atoms with Crippen LogP contribution in [-0.4, -0.2) is 11.5 Å². The molecule has 1 fully saturated rings. The third kappa shape index (κ3) is 2.55. The highest BCUT2D eigenvalue weighted by molar-refractivity contribution is 6.21. The molecule has 106 valence electrons. The van der Waals surface area contributed by atoms with Crippen molar-refractivity contribution < 1.29 is 17.9 Å². The van der Waals surface area contributed by atoms with Gasteiger partial charge in [0.15, 0.2) is 0 Å². The molecule has 0 bridgehead atoms. The average Bonchev–Trinajstić information content (AvgIpc) is 2.36. The zero-order valence-electron chi connectivity index (χ0n) is 10.8. The summed E-state index contributed by atoms with van der Waals surface area (Å²) in [5, 5.41) is -0.0412. The first-order chi connectivity index (χ1) is 8.79. The Bertz CT molecular complexity index is 460. The van der Waals surface area contributed by atoms with Gasteiger partial charge in [0, 0.05) is 17.2 Å². The van der Waals surface area contributed by atoms with E-state index in [-0.39, 0.29) is 22.6 Å². The lowest BCUT2D eigenvalue weighted by Crippen LogP contribution is -2.55. The van der Waals surface area contributed by atoms with Gasteiger partial charge in [-0.1, -0.05) is 26.0 Å². The largest absolute Gasteiger partial charge is 0.489 e. The first-order valence-electron chi connectivity index (χ1n) is 6.26. The molecule has 2 rings (SSSR count). The molecule has 1 nitrogen and oxygen atoms in total. The fourth-order valence-electron chi connectivity index (χ4n) is 2.36. The van der Waals surface area contributed by atoms with Crippen LogP contribution in [0.3, 0.4) is 0 Å². The average molecular weight is 293 g/mol. The number of ether oxygens (including phenoxy) is 1. The summed E-state index contributed by atoms with van der Waals surface area (Å²) < 4.78 is 44.2. The molecule has 5 heteroatoms. The van der Waals surface area contributed by atoms with Gasteiger partial charge in [0.05, 0.1) is 5.56 Å². The summed E-state index contributed by atoms with van der Waals surface area (Å²) in [4.78, 5) is 0. The van der Waals surface area contributed by atoms with E-state index < -0.39 is 11.7 Å². The second-order valence-corrected chi connectivity index (χ2v) is 5.69. The molecule has 0 radical (unpaired) electrons. The van der Waals surface area contributed by atoms with Crippen molar-refractivity contribution in [3.63, 3.8) is 0 Å². The van der Waals surface area contributed by atoms with Crippen LogP contribution in [0.15, 0.2) is 24.3 Å². The summed E-state index contributed by atoms with van der Waals surface area (Å²) in [7, 11) is 0. The molecule has 0 N–H and O–H groups in total. The van der Waals surface area contributed by atoms with Crippen LogP contribution in [0.5, 0.6) is 5.75 Å². The minimum absolute atomic E-state index is 0.0412. The maximum atomic E-state index is 12.9. The smallest absolute Gasteiger partial charge is 0.419 e. The summed E-state index contributed by atoms with van der Waals surface area (Å²) in [5.74, 6) is -0.108. The van der Waals surface area contributed by atoms with Crippen molar-refractivity contribution >= 4 is 11.6 Å². The normalized spacial score (nSPS) is 30.8. The first kappa shape index (κ1) is 14.5. The van der Waals surface area contributed by atoms with Crippen LogP contribution in [0, 0.1) is 5.41 Å². The highest BCUT2D eigenvalue weighted by atomic mass is 35.5. The van der Waals surface area contributed by atoms with Crippen molar-refractivity contribution in [1.29, 1.82) is 0 Å². The Labute approximate surface area is 115 Å². The minimum atomic E-state index is -4.40. The molecule has 1 aliphatic rings. The molecule has 3 unspecified atom stereocenters. The Hall–Kier alpha value is -0.900. The van der Waals surface area contributed by atoms with Crippen LogP contribution in [0.1, 0.15) is 32.3 Å². The Morgan fingerprint density at radius 2 is 2.00 bits per heavy atom. The number of para-hydroxylation sites is 1. The number of hydrogen-bond acceptors (Lipinski definition) is 1. The highest BCUT2D eigenvalue weighted by Crippen LogP contribution is 2.50. The molecule has 0 heterocycles. The van der Waals surface area contributed by atoms with Crippen molar-refractivity contribution in [2.45, 2.75) is 44.3 Å². The van der Waals surface area contributed by atoms with Gasteiger partial charge < -0.3 is 4.74 Å². The second kappa shape index (κ2) is 4.89. The monoisotopic (exact) mass is 292 g/mol. The summed E-state index contributed by atoms with van der Waals surface area (Å²) in [6.45, 7) is 3.93. The van der Waals surface area contributed by atoms with E-state index in [1.165, 1.54) is 12.1 Å². The molecular weight excluding hydrogens is 277 g/mol. The van der Waals surface area contributed by atoms with Crippen molar-refractivity contribution in [3.8, 4) is 5.75 Å². The molecule has 0 spiro atoms. The van der Waals surface area contributed by atoms with Gasteiger partial charge >= 0.3 is 6.18 Å². The van der Waals surface area contributed by atoms with Crippen LogP contribution in [-0.2, 0) is 6.18 Å². The Kier molecular flexibility index (Phi) is 3.74. The number of alkyl halides is 4. The van der Waals surface area contributed by atoms with E-state index in [0.29, 0.717) is 6.42 Å². The first-order valence-corrected chi connectivity index (χ1v) is 6.69. The quantitative estimate of drug-likeness (QED) is 0.722. The lowest BCUT2D eigenvalue weighted by molar-refractivity contribution is -0.140. The fraction of sp³-hybridized carbons (Fsp3) is 0.571. The number of benzene rings is 1. The molecule has 3 atom stereocenters. The van der Waals surface area contributed by atoms with E-state index in [1.54, 1.807) is 6.07 Å². The molecule has 19 heavy (non-hydrogen) atoms. The van der Waals surface area contributed by atoms with Crippen molar-refractivity contribution in [2.75, 3.05) is 0 Å². The molecule has 0 saturated heterocycles. The second-order valence-electron chi connectivity index (χ2n) is 5.16. The molecule has 1 aliphatic carbocycles. The summed E-state index contributed by atoms with van der Waals surface area (Å²) in [6.07, 6.45) is -3.30. The molecule has 0 aliphatic heterocycles. The van der Waals surface area contributed by atoms with Gasteiger partial charge in [-0.3, -0.25) is 0 Å². The maximum absolute atomic E-state index is 12.9. The lowest BCUT2D eigenvalue weighted by Gasteiger charge is -2.50. The number of hydrogen-bond donors (Lipinski definition) is 0. The van der Waals surface area contributed by atoms with E-state index in [4.69, 9.17) is 16.3 Å². The van der Waals surface area contributed by atoms with E-state index in [0.717, 1.165) is 12.5 Å². The summed E-state index contributed by atoms with van der Waals surface area (Å²) in [6, 6.07) is 5.31. The predicted molar refractivity (Wildman–Crippen MR) is 68.5 cm³/mol. The van der Waals surface area contributed by atoms with Gasteiger partial charge in [0.2, 0.25) is 0 Å². The molecule has 0 aromatic heterocycles. The number of rotatable bonds is 3. The molecule has 1 aromatic carbocycles. The third-order valence-corrected chi connectivity index (χ3v) is 4.77. The molecule has 0 amide bonds. The standard InChI is InChI=1S/C14H16ClF3O/c1-3-13(2)11(15)8-12(13)19-10-7-5-4-6-9(10)14(16,17)18/h4-7,11-12H,3,8H2,1-2H3. The van der Waals surface area contributed by atoms with Gasteiger partial charge in [0.1, 0.15) is 11.9 Å². The van der Waals surface area contributed by atoms with Crippen molar-refractivity contribution in [2.24, 2.45) is 5.41 Å². The third-order valence-electron chi connectivity index (χ3n) is 4.10.